The summed E-state index contributed by atoms with van der Waals surface area (Å²) in [7, 11) is 1.89. The van der Waals surface area contributed by atoms with Crippen LogP contribution >= 0.6 is 27.5 Å². The van der Waals surface area contributed by atoms with Crippen molar-refractivity contribution in [2.75, 3.05) is 0 Å². The van der Waals surface area contributed by atoms with Gasteiger partial charge >= 0.3 is 0 Å². The SMILES string of the molecule is Cn1nccc1C(Cc1ccc(Br)cc1Cl)NN. The average molecular weight is 330 g/mol. The van der Waals surface area contributed by atoms with Crippen molar-refractivity contribution in [2.45, 2.75) is 12.5 Å². The van der Waals surface area contributed by atoms with Gasteiger partial charge in [-0.2, -0.15) is 5.10 Å². The highest BCUT2D eigenvalue weighted by Gasteiger charge is 2.15. The quantitative estimate of drug-likeness (QED) is 0.669. The third-order valence-electron chi connectivity index (χ3n) is 2.86. The molecule has 1 aromatic heterocycles. The van der Waals surface area contributed by atoms with E-state index in [1.54, 1.807) is 10.9 Å². The summed E-state index contributed by atoms with van der Waals surface area (Å²) in [6, 6.07) is 7.77. The van der Waals surface area contributed by atoms with Gasteiger partial charge in [-0.1, -0.05) is 33.6 Å². The van der Waals surface area contributed by atoms with Gasteiger partial charge < -0.3 is 0 Å². The standard InChI is InChI=1S/C12H14BrClN4/c1-18-12(4-5-16-18)11(17-15)6-8-2-3-9(13)7-10(8)14/h2-5,7,11,17H,6,15H2,1H3. The van der Waals surface area contributed by atoms with Gasteiger partial charge in [-0.05, 0) is 30.2 Å². The number of hydrazine groups is 1. The van der Waals surface area contributed by atoms with E-state index < -0.39 is 0 Å². The minimum Gasteiger partial charge on any atom is -0.271 e. The largest absolute Gasteiger partial charge is 0.271 e. The second-order valence-corrected chi connectivity index (χ2v) is 5.36. The lowest BCUT2D eigenvalue weighted by atomic mass is 10.0. The number of rotatable bonds is 4. The van der Waals surface area contributed by atoms with Crippen LogP contribution in [0.3, 0.4) is 0 Å². The highest BCUT2D eigenvalue weighted by Crippen LogP contribution is 2.25. The summed E-state index contributed by atoms with van der Waals surface area (Å²) in [5.41, 5.74) is 4.87. The molecule has 0 saturated heterocycles. The zero-order valence-electron chi connectivity index (χ0n) is 9.90. The Hall–Kier alpha value is -0.880. The number of nitrogens with two attached hydrogens (primary N) is 1. The maximum atomic E-state index is 6.21. The highest BCUT2D eigenvalue weighted by molar-refractivity contribution is 9.10. The molecule has 0 spiro atoms. The predicted octanol–water partition coefficient (Wildman–Crippen LogP) is 2.58. The fourth-order valence-electron chi connectivity index (χ4n) is 1.88. The van der Waals surface area contributed by atoms with Gasteiger partial charge in [0, 0.05) is 22.7 Å². The molecule has 0 radical (unpaired) electrons. The zero-order chi connectivity index (χ0) is 13.1. The molecule has 2 rings (SSSR count). The van der Waals surface area contributed by atoms with Gasteiger partial charge in [-0.25, -0.2) is 0 Å². The second kappa shape index (κ2) is 5.84. The number of hydrogen-bond acceptors (Lipinski definition) is 3. The molecule has 1 aromatic carbocycles. The Balaban J connectivity index is 2.23. The fourth-order valence-corrected chi connectivity index (χ4v) is 2.63. The first kappa shape index (κ1) is 13.5. The Kier molecular flexibility index (Phi) is 4.40. The summed E-state index contributed by atoms with van der Waals surface area (Å²) >= 11 is 9.60. The Bertz CT molecular complexity index is 541. The van der Waals surface area contributed by atoms with E-state index in [9.17, 15) is 0 Å². The van der Waals surface area contributed by atoms with Crippen LogP contribution in [-0.2, 0) is 13.5 Å². The molecule has 0 aliphatic carbocycles. The van der Waals surface area contributed by atoms with E-state index in [2.05, 4.69) is 26.5 Å². The van der Waals surface area contributed by atoms with E-state index in [0.717, 1.165) is 20.8 Å². The molecule has 0 amide bonds. The predicted molar refractivity (Wildman–Crippen MR) is 76.1 cm³/mol. The highest BCUT2D eigenvalue weighted by atomic mass is 79.9. The van der Waals surface area contributed by atoms with Crippen molar-refractivity contribution in [3.63, 3.8) is 0 Å². The van der Waals surface area contributed by atoms with Crippen molar-refractivity contribution >= 4 is 27.5 Å². The van der Waals surface area contributed by atoms with Crippen molar-refractivity contribution in [1.29, 1.82) is 0 Å². The molecule has 0 aliphatic rings. The summed E-state index contributed by atoms with van der Waals surface area (Å²) in [5.74, 6) is 5.62. The van der Waals surface area contributed by atoms with Crippen LogP contribution in [0, 0.1) is 0 Å². The third kappa shape index (κ3) is 2.92. The van der Waals surface area contributed by atoms with Crippen molar-refractivity contribution in [3.8, 4) is 0 Å². The molecule has 0 fully saturated rings. The van der Waals surface area contributed by atoms with Gasteiger partial charge in [0.1, 0.15) is 0 Å². The molecule has 1 atom stereocenters. The molecule has 18 heavy (non-hydrogen) atoms. The van der Waals surface area contributed by atoms with Crippen molar-refractivity contribution < 1.29 is 0 Å². The lowest BCUT2D eigenvalue weighted by Crippen LogP contribution is -2.31. The van der Waals surface area contributed by atoms with E-state index in [0.29, 0.717) is 6.42 Å². The van der Waals surface area contributed by atoms with E-state index in [4.69, 9.17) is 17.4 Å². The summed E-state index contributed by atoms with van der Waals surface area (Å²) < 4.78 is 2.77. The van der Waals surface area contributed by atoms with Crippen molar-refractivity contribution in [2.24, 2.45) is 12.9 Å². The number of nitrogens with zero attached hydrogens (tertiary/aromatic N) is 2. The fraction of sp³-hybridized carbons (Fsp3) is 0.250. The van der Waals surface area contributed by atoms with Crippen LogP contribution in [0.25, 0.3) is 0 Å². The van der Waals surface area contributed by atoms with Crippen molar-refractivity contribution in [3.05, 3.63) is 51.2 Å². The van der Waals surface area contributed by atoms with E-state index in [-0.39, 0.29) is 6.04 Å². The van der Waals surface area contributed by atoms with Gasteiger partial charge in [0.15, 0.2) is 0 Å². The molecule has 96 valence electrons. The first-order valence-corrected chi connectivity index (χ1v) is 6.67. The number of aryl methyl sites for hydroxylation is 1. The summed E-state index contributed by atoms with van der Waals surface area (Å²) in [6.07, 6.45) is 2.46. The van der Waals surface area contributed by atoms with Crippen LogP contribution in [0.2, 0.25) is 5.02 Å². The summed E-state index contributed by atoms with van der Waals surface area (Å²) in [6.45, 7) is 0. The summed E-state index contributed by atoms with van der Waals surface area (Å²) in [5, 5.41) is 4.87. The van der Waals surface area contributed by atoms with Gasteiger partial charge in [0.2, 0.25) is 0 Å². The molecule has 1 heterocycles. The lowest BCUT2D eigenvalue weighted by molar-refractivity contribution is 0.508. The van der Waals surface area contributed by atoms with Crippen LogP contribution in [0.4, 0.5) is 0 Å². The molecule has 0 aliphatic heterocycles. The first-order valence-electron chi connectivity index (χ1n) is 5.49. The first-order chi connectivity index (χ1) is 8.61. The van der Waals surface area contributed by atoms with Gasteiger partial charge in [-0.3, -0.25) is 16.0 Å². The smallest absolute Gasteiger partial charge is 0.0669 e. The normalized spacial score (nSPS) is 12.7. The van der Waals surface area contributed by atoms with Crippen LogP contribution in [0.15, 0.2) is 34.9 Å². The maximum absolute atomic E-state index is 6.21. The van der Waals surface area contributed by atoms with Crippen molar-refractivity contribution in [1.82, 2.24) is 15.2 Å². The Morgan fingerprint density at radius 1 is 1.50 bits per heavy atom. The number of halogens is 2. The van der Waals surface area contributed by atoms with E-state index in [1.807, 2.05) is 31.3 Å². The van der Waals surface area contributed by atoms with Gasteiger partial charge in [0.05, 0.1) is 11.7 Å². The molecule has 0 bridgehead atoms. The molecular weight excluding hydrogens is 316 g/mol. The van der Waals surface area contributed by atoms with Crippen LogP contribution < -0.4 is 11.3 Å². The van der Waals surface area contributed by atoms with E-state index >= 15 is 0 Å². The van der Waals surface area contributed by atoms with Gasteiger partial charge in [-0.15, -0.1) is 0 Å². The summed E-state index contributed by atoms with van der Waals surface area (Å²) in [4.78, 5) is 0. The molecule has 2 aromatic rings. The Morgan fingerprint density at radius 2 is 2.28 bits per heavy atom. The number of aromatic nitrogens is 2. The molecule has 1 unspecified atom stereocenters. The number of benzene rings is 1. The lowest BCUT2D eigenvalue weighted by Gasteiger charge is -2.17. The molecule has 6 heteroatoms. The van der Waals surface area contributed by atoms with Crippen LogP contribution in [0.1, 0.15) is 17.3 Å². The van der Waals surface area contributed by atoms with Crippen LogP contribution in [-0.4, -0.2) is 9.78 Å². The van der Waals surface area contributed by atoms with Crippen LogP contribution in [0.5, 0.6) is 0 Å². The molecule has 4 nitrogen and oxygen atoms in total. The maximum Gasteiger partial charge on any atom is 0.0669 e. The zero-order valence-corrected chi connectivity index (χ0v) is 12.2. The Labute approximate surface area is 119 Å². The Morgan fingerprint density at radius 3 is 2.83 bits per heavy atom. The topological polar surface area (TPSA) is 55.9 Å². The number of hydrogen-bond donors (Lipinski definition) is 2. The van der Waals surface area contributed by atoms with Gasteiger partial charge in [0.25, 0.3) is 0 Å². The second-order valence-electron chi connectivity index (χ2n) is 4.04. The minimum absolute atomic E-state index is 0.0174. The average Bonchev–Trinajstić information content (AvgIpc) is 2.75. The monoisotopic (exact) mass is 328 g/mol. The van der Waals surface area contributed by atoms with E-state index in [1.165, 1.54) is 0 Å². The molecule has 0 saturated carbocycles. The number of nitrogens with one attached hydrogen (secondary N) is 1. The molecular formula is C12H14BrClN4. The minimum atomic E-state index is -0.0174. The molecule has 3 N–H and O–H groups in total. The third-order valence-corrected chi connectivity index (χ3v) is 3.70.